The average Bonchev–Trinajstić information content (AvgIpc) is 2.10. The van der Waals surface area contributed by atoms with Gasteiger partial charge in [-0.1, -0.05) is 29.8 Å². The molecule has 0 saturated carbocycles. The summed E-state index contributed by atoms with van der Waals surface area (Å²) in [6, 6.07) is 2.04. The fourth-order valence-corrected chi connectivity index (χ4v) is 1.38. The maximum Gasteiger partial charge on any atom is 0.233 e. The molecule has 0 aliphatic rings. The number of carbonyl (C=O) groups excluding carboxylic acids is 1. The van der Waals surface area contributed by atoms with Crippen molar-refractivity contribution in [2.45, 2.75) is 20.3 Å². The lowest BCUT2D eigenvalue weighted by Gasteiger charge is -2.22. The van der Waals surface area contributed by atoms with Crippen molar-refractivity contribution in [1.82, 2.24) is 4.90 Å². The fourth-order valence-electron chi connectivity index (χ4n) is 1.03. The molecule has 0 fully saturated rings. The molecule has 4 heteroatoms. The molecule has 0 aromatic heterocycles. The van der Waals surface area contributed by atoms with Crippen LogP contribution >= 0.6 is 15.9 Å². The highest BCUT2D eigenvalue weighted by Crippen LogP contribution is 2.02. The summed E-state index contributed by atoms with van der Waals surface area (Å²) in [6.45, 7) is 5.38. The Labute approximate surface area is 87.8 Å². The minimum Gasteiger partial charge on any atom is -0.341 e. The minimum atomic E-state index is 0.0592. The van der Waals surface area contributed by atoms with Crippen LogP contribution in [-0.4, -0.2) is 29.2 Å². The molecule has 0 rings (SSSR count). The summed E-state index contributed by atoms with van der Waals surface area (Å²) in [5.41, 5.74) is 0. The average molecular weight is 247 g/mol. The molecule has 74 valence electrons. The Morgan fingerprint density at radius 3 is 2.62 bits per heavy atom. The van der Waals surface area contributed by atoms with E-state index in [9.17, 15) is 4.79 Å². The molecule has 0 atom stereocenters. The molecular weight excluding hydrogens is 232 g/mol. The van der Waals surface area contributed by atoms with Crippen molar-refractivity contribution in [2.24, 2.45) is 5.92 Å². The zero-order chi connectivity index (χ0) is 10.3. The predicted octanol–water partition coefficient (Wildman–Crippen LogP) is 1.78. The molecule has 0 N–H and O–H groups in total. The molecule has 0 radical (unpaired) electrons. The summed E-state index contributed by atoms with van der Waals surface area (Å²) in [6.07, 6.45) is 0.408. The van der Waals surface area contributed by atoms with Gasteiger partial charge < -0.3 is 4.90 Å². The molecule has 0 bridgehead atoms. The SMILES string of the molecule is CC(C)CN(CCC#N)C(=O)CBr. The van der Waals surface area contributed by atoms with Gasteiger partial charge in [-0.15, -0.1) is 0 Å². The van der Waals surface area contributed by atoms with Gasteiger partial charge in [-0.05, 0) is 5.92 Å². The van der Waals surface area contributed by atoms with Gasteiger partial charge in [0.2, 0.25) is 5.91 Å². The Kier molecular flexibility index (Phi) is 6.61. The molecule has 0 heterocycles. The Morgan fingerprint density at radius 1 is 1.62 bits per heavy atom. The van der Waals surface area contributed by atoms with Crippen LogP contribution in [0, 0.1) is 17.2 Å². The van der Waals surface area contributed by atoms with Gasteiger partial charge in [0, 0.05) is 13.1 Å². The number of nitriles is 1. The highest BCUT2D eigenvalue weighted by molar-refractivity contribution is 9.09. The number of alkyl halides is 1. The fraction of sp³-hybridized carbons (Fsp3) is 0.778. The van der Waals surface area contributed by atoms with Gasteiger partial charge in [-0.2, -0.15) is 5.26 Å². The van der Waals surface area contributed by atoms with Crippen LogP contribution in [0.3, 0.4) is 0 Å². The third-order valence-corrected chi connectivity index (χ3v) is 2.03. The predicted molar refractivity (Wildman–Crippen MR) is 55.4 cm³/mol. The van der Waals surface area contributed by atoms with E-state index in [1.54, 1.807) is 4.90 Å². The summed E-state index contributed by atoms with van der Waals surface area (Å²) >= 11 is 3.12. The first-order chi connectivity index (χ1) is 6.11. The van der Waals surface area contributed by atoms with Crippen LogP contribution in [0.4, 0.5) is 0 Å². The second kappa shape index (κ2) is 6.90. The van der Waals surface area contributed by atoms with Crippen LogP contribution in [0.5, 0.6) is 0 Å². The first-order valence-electron chi connectivity index (χ1n) is 4.32. The van der Waals surface area contributed by atoms with Crippen LogP contribution in [0.15, 0.2) is 0 Å². The smallest absolute Gasteiger partial charge is 0.233 e. The Bertz CT molecular complexity index is 198. The Balaban J connectivity index is 4.04. The van der Waals surface area contributed by atoms with Gasteiger partial charge in [0.1, 0.15) is 0 Å². The van der Waals surface area contributed by atoms with Crippen LogP contribution in [0.1, 0.15) is 20.3 Å². The monoisotopic (exact) mass is 246 g/mol. The summed E-state index contributed by atoms with van der Waals surface area (Å²) in [4.78, 5) is 13.0. The van der Waals surface area contributed by atoms with Gasteiger partial charge in [-0.25, -0.2) is 0 Å². The van der Waals surface area contributed by atoms with E-state index in [2.05, 4.69) is 29.8 Å². The van der Waals surface area contributed by atoms with E-state index in [-0.39, 0.29) is 5.91 Å². The molecule has 1 amide bonds. The zero-order valence-corrected chi connectivity index (χ0v) is 9.67. The van der Waals surface area contributed by atoms with E-state index in [1.807, 2.05) is 6.07 Å². The number of hydrogen-bond acceptors (Lipinski definition) is 2. The number of carbonyl (C=O) groups is 1. The molecule has 0 aliphatic heterocycles. The molecule has 0 unspecified atom stereocenters. The van der Waals surface area contributed by atoms with Crippen molar-refractivity contribution in [3.63, 3.8) is 0 Å². The van der Waals surface area contributed by atoms with Gasteiger partial charge >= 0.3 is 0 Å². The van der Waals surface area contributed by atoms with Gasteiger partial charge in [-0.3, -0.25) is 4.79 Å². The first-order valence-corrected chi connectivity index (χ1v) is 5.44. The van der Waals surface area contributed by atoms with E-state index in [4.69, 9.17) is 5.26 Å². The van der Waals surface area contributed by atoms with Crippen molar-refractivity contribution < 1.29 is 4.79 Å². The van der Waals surface area contributed by atoms with E-state index in [0.717, 1.165) is 6.54 Å². The first kappa shape index (κ1) is 12.4. The summed E-state index contributed by atoms with van der Waals surface area (Å²) < 4.78 is 0. The third-order valence-electron chi connectivity index (χ3n) is 1.55. The van der Waals surface area contributed by atoms with Crippen molar-refractivity contribution in [1.29, 1.82) is 5.26 Å². The third kappa shape index (κ3) is 5.64. The number of halogens is 1. The van der Waals surface area contributed by atoms with E-state index >= 15 is 0 Å². The lowest BCUT2D eigenvalue weighted by atomic mass is 10.2. The summed E-state index contributed by atoms with van der Waals surface area (Å²) in [5, 5.41) is 8.74. The van der Waals surface area contributed by atoms with E-state index in [1.165, 1.54) is 0 Å². The normalized spacial score (nSPS) is 9.77. The summed E-state index contributed by atoms with van der Waals surface area (Å²) in [7, 11) is 0. The number of nitrogens with zero attached hydrogens (tertiary/aromatic N) is 2. The van der Waals surface area contributed by atoms with Crippen molar-refractivity contribution >= 4 is 21.8 Å². The largest absolute Gasteiger partial charge is 0.341 e. The van der Waals surface area contributed by atoms with Crippen LogP contribution in [0.2, 0.25) is 0 Å². The van der Waals surface area contributed by atoms with Crippen molar-refractivity contribution in [2.75, 3.05) is 18.4 Å². The standard InChI is InChI=1S/C9H15BrN2O/c1-8(2)7-12(5-3-4-11)9(13)6-10/h8H,3,5-7H2,1-2H3. The van der Waals surface area contributed by atoms with Gasteiger partial charge in [0.25, 0.3) is 0 Å². The zero-order valence-electron chi connectivity index (χ0n) is 8.09. The van der Waals surface area contributed by atoms with E-state index in [0.29, 0.717) is 24.2 Å². The van der Waals surface area contributed by atoms with Crippen LogP contribution in [-0.2, 0) is 4.79 Å². The number of amides is 1. The quantitative estimate of drug-likeness (QED) is 0.695. The molecule has 3 nitrogen and oxygen atoms in total. The summed E-state index contributed by atoms with van der Waals surface area (Å²) in [5.74, 6) is 0.505. The number of rotatable bonds is 5. The van der Waals surface area contributed by atoms with Crippen molar-refractivity contribution in [3.8, 4) is 6.07 Å². The second-order valence-electron chi connectivity index (χ2n) is 3.28. The molecular formula is C9H15BrN2O. The Hall–Kier alpha value is -0.560. The lowest BCUT2D eigenvalue weighted by Crippen LogP contribution is -2.35. The molecule has 0 spiro atoms. The molecule has 0 aliphatic carbocycles. The van der Waals surface area contributed by atoms with Crippen LogP contribution in [0.25, 0.3) is 0 Å². The van der Waals surface area contributed by atoms with Gasteiger partial charge in [0.05, 0.1) is 17.8 Å². The van der Waals surface area contributed by atoms with Gasteiger partial charge in [0.15, 0.2) is 0 Å². The maximum atomic E-state index is 11.3. The maximum absolute atomic E-state index is 11.3. The highest BCUT2D eigenvalue weighted by atomic mass is 79.9. The second-order valence-corrected chi connectivity index (χ2v) is 3.84. The molecule has 0 aromatic rings. The number of hydrogen-bond donors (Lipinski definition) is 0. The molecule has 0 saturated heterocycles. The molecule has 0 aromatic carbocycles. The topological polar surface area (TPSA) is 44.1 Å². The highest BCUT2D eigenvalue weighted by Gasteiger charge is 2.12. The Morgan fingerprint density at radius 2 is 2.23 bits per heavy atom. The lowest BCUT2D eigenvalue weighted by molar-refractivity contribution is -0.128. The van der Waals surface area contributed by atoms with Crippen LogP contribution < -0.4 is 0 Å². The van der Waals surface area contributed by atoms with Crippen molar-refractivity contribution in [3.05, 3.63) is 0 Å². The van der Waals surface area contributed by atoms with E-state index < -0.39 is 0 Å². The molecule has 13 heavy (non-hydrogen) atoms. The minimum absolute atomic E-state index is 0.0592.